The van der Waals surface area contributed by atoms with Gasteiger partial charge in [-0.3, -0.25) is 14.8 Å². The fourth-order valence-corrected chi connectivity index (χ4v) is 5.54. The molecule has 0 saturated heterocycles. The van der Waals surface area contributed by atoms with Gasteiger partial charge in [0, 0.05) is 37.1 Å². The van der Waals surface area contributed by atoms with Crippen LogP contribution in [0.25, 0.3) is 22.6 Å². The molecule has 4 aromatic heterocycles. The highest BCUT2D eigenvalue weighted by Gasteiger charge is 2.75. The molecule has 2 fully saturated rings. The van der Waals surface area contributed by atoms with E-state index in [2.05, 4.69) is 25.6 Å². The molecule has 11 nitrogen and oxygen atoms in total. The van der Waals surface area contributed by atoms with Crippen LogP contribution in [0.4, 0.5) is 5.82 Å². The first-order valence-corrected chi connectivity index (χ1v) is 11.8. The summed E-state index contributed by atoms with van der Waals surface area (Å²) in [6.45, 7) is 2.44. The standard InChI is InChI=1S/C25H26N8O3/c1-13-5-7-28-15(8-13)11-29-22-17-23(32-21(31-22)14-4-3-6-27-10-14)33(12-30-17)18-16-9-25(16,24(36)26-2)20(35)19(18)34/h3-8,10,12,16,18-20,34-35H,9,11H2,1-2H3,(H,26,36)(H,29,31,32)/t16-,18?,19+,20+,25+/m1/s1. The minimum Gasteiger partial charge on any atom is -0.389 e. The first-order chi connectivity index (χ1) is 17.4. The van der Waals surface area contributed by atoms with Gasteiger partial charge >= 0.3 is 0 Å². The molecule has 0 radical (unpaired) electrons. The van der Waals surface area contributed by atoms with Crippen LogP contribution in [-0.2, 0) is 11.3 Å². The maximum Gasteiger partial charge on any atom is 0.229 e. The summed E-state index contributed by atoms with van der Waals surface area (Å²) in [6, 6.07) is 7.06. The normalized spacial score (nSPS) is 26.6. The van der Waals surface area contributed by atoms with Gasteiger partial charge in [0.15, 0.2) is 17.3 Å². The van der Waals surface area contributed by atoms with Gasteiger partial charge in [0.2, 0.25) is 5.91 Å². The van der Waals surface area contributed by atoms with Crippen molar-refractivity contribution in [1.82, 2.24) is 34.8 Å². The minimum atomic E-state index is -1.17. The lowest BCUT2D eigenvalue weighted by Crippen LogP contribution is -2.41. The number of carbonyl (C=O) groups is 1. The second kappa shape index (κ2) is 8.32. The summed E-state index contributed by atoms with van der Waals surface area (Å²) in [6.07, 6.45) is 4.90. The van der Waals surface area contributed by atoms with Gasteiger partial charge in [0.05, 0.1) is 36.1 Å². The highest BCUT2D eigenvalue weighted by Crippen LogP contribution is 2.67. The number of hydrogen-bond donors (Lipinski definition) is 4. The number of anilines is 1. The first kappa shape index (κ1) is 22.5. The molecule has 1 amide bonds. The van der Waals surface area contributed by atoms with Gasteiger partial charge in [0.1, 0.15) is 11.6 Å². The molecule has 1 unspecified atom stereocenters. The number of fused-ring (bicyclic) bond motifs is 2. The Bertz CT molecular complexity index is 1460. The monoisotopic (exact) mass is 486 g/mol. The molecule has 0 spiro atoms. The average Bonchev–Trinajstić information content (AvgIpc) is 3.43. The van der Waals surface area contributed by atoms with Crippen LogP contribution >= 0.6 is 0 Å². The fraction of sp³-hybridized carbons (Fsp3) is 0.360. The first-order valence-electron chi connectivity index (χ1n) is 11.8. The Morgan fingerprint density at radius 3 is 2.83 bits per heavy atom. The molecule has 4 heterocycles. The zero-order valence-corrected chi connectivity index (χ0v) is 19.8. The Morgan fingerprint density at radius 1 is 1.22 bits per heavy atom. The summed E-state index contributed by atoms with van der Waals surface area (Å²) in [7, 11) is 1.54. The Balaban J connectivity index is 1.43. The third-order valence-electron chi connectivity index (χ3n) is 7.39. The van der Waals surface area contributed by atoms with Crippen LogP contribution in [0.1, 0.15) is 23.7 Å². The molecule has 2 aliphatic rings. The van der Waals surface area contributed by atoms with Crippen LogP contribution in [0, 0.1) is 18.3 Å². The lowest BCUT2D eigenvalue weighted by Gasteiger charge is -2.23. The van der Waals surface area contributed by atoms with Crippen LogP contribution in [0.5, 0.6) is 0 Å². The number of nitrogens with zero attached hydrogens (tertiary/aromatic N) is 6. The third-order valence-corrected chi connectivity index (χ3v) is 7.39. The van der Waals surface area contributed by atoms with Gasteiger partial charge in [-0.05, 0) is 43.2 Å². The number of nitrogens with one attached hydrogen (secondary N) is 2. The number of aliphatic hydroxyl groups is 2. The number of hydrogen-bond acceptors (Lipinski definition) is 9. The molecule has 0 aliphatic heterocycles. The number of carbonyl (C=O) groups excluding carboxylic acids is 1. The lowest BCUT2D eigenvalue weighted by molar-refractivity contribution is -0.132. The Hall–Kier alpha value is -3.96. The number of pyridine rings is 2. The van der Waals surface area contributed by atoms with Gasteiger partial charge < -0.3 is 25.4 Å². The largest absolute Gasteiger partial charge is 0.389 e. The van der Waals surface area contributed by atoms with Gasteiger partial charge in [-0.2, -0.15) is 0 Å². The van der Waals surface area contributed by atoms with E-state index in [1.165, 1.54) is 0 Å². The van der Waals surface area contributed by atoms with Gasteiger partial charge in [-0.15, -0.1) is 0 Å². The predicted octanol–water partition coefficient (Wildman–Crippen LogP) is 1.23. The number of imidazole rings is 1. The number of aryl methyl sites for hydroxylation is 1. The van der Waals surface area contributed by atoms with Crippen molar-refractivity contribution in [2.45, 2.75) is 38.1 Å². The van der Waals surface area contributed by atoms with Crippen LogP contribution in [0.3, 0.4) is 0 Å². The third kappa shape index (κ3) is 3.34. The molecular weight excluding hydrogens is 460 g/mol. The van der Waals surface area contributed by atoms with E-state index in [1.54, 1.807) is 36.5 Å². The van der Waals surface area contributed by atoms with Gasteiger partial charge in [-0.25, -0.2) is 15.0 Å². The van der Waals surface area contributed by atoms with Crippen molar-refractivity contribution in [3.63, 3.8) is 0 Å². The maximum atomic E-state index is 12.6. The second-order valence-electron chi connectivity index (χ2n) is 9.50. The van der Waals surface area contributed by atoms with Crippen molar-refractivity contribution in [3.8, 4) is 11.4 Å². The molecule has 0 bridgehead atoms. The van der Waals surface area contributed by atoms with Crippen molar-refractivity contribution < 1.29 is 15.0 Å². The summed E-state index contributed by atoms with van der Waals surface area (Å²) >= 11 is 0. The van der Waals surface area contributed by atoms with Crippen LogP contribution < -0.4 is 10.6 Å². The molecule has 36 heavy (non-hydrogen) atoms. The molecule has 6 rings (SSSR count). The van der Waals surface area contributed by atoms with Crippen LogP contribution in [0.2, 0.25) is 0 Å². The molecule has 2 saturated carbocycles. The van der Waals surface area contributed by atoms with E-state index in [9.17, 15) is 15.0 Å². The summed E-state index contributed by atoms with van der Waals surface area (Å²) in [5, 5.41) is 27.8. The molecule has 11 heteroatoms. The van der Waals surface area contributed by atoms with Crippen molar-refractivity contribution in [1.29, 1.82) is 0 Å². The fourth-order valence-electron chi connectivity index (χ4n) is 5.54. The molecule has 4 N–H and O–H groups in total. The number of aromatic nitrogens is 6. The van der Waals surface area contributed by atoms with E-state index in [-0.39, 0.29) is 11.8 Å². The van der Waals surface area contributed by atoms with Crippen molar-refractivity contribution in [2.75, 3.05) is 12.4 Å². The molecule has 0 aromatic carbocycles. The molecular formula is C25H26N8O3. The Morgan fingerprint density at radius 2 is 2.08 bits per heavy atom. The highest BCUT2D eigenvalue weighted by molar-refractivity contribution is 5.88. The molecule has 5 atom stereocenters. The minimum absolute atomic E-state index is 0.232. The quantitative estimate of drug-likeness (QED) is 0.315. The smallest absolute Gasteiger partial charge is 0.229 e. The van der Waals surface area contributed by atoms with Crippen molar-refractivity contribution in [2.24, 2.45) is 11.3 Å². The topological polar surface area (TPSA) is 151 Å². The van der Waals surface area contributed by atoms with E-state index in [0.717, 1.165) is 16.8 Å². The van der Waals surface area contributed by atoms with Gasteiger partial charge in [-0.1, -0.05) is 0 Å². The predicted molar refractivity (Wildman–Crippen MR) is 131 cm³/mol. The zero-order valence-electron chi connectivity index (χ0n) is 19.8. The maximum absolute atomic E-state index is 12.6. The van der Waals surface area contributed by atoms with E-state index in [0.29, 0.717) is 35.8 Å². The molecule has 2 aliphatic carbocycles. The van der Waals surface area contributed by atoms with E-state index < -0.39 is 23.7 Å². The Kier molecular flexibility index (Phi) is 5.20. The van der Waals surface area contributed by atoms with E-state index >= 15 is 0 Å². The van der Waals surface area contributed by atoms with Crippen molar-refractivity contribution >= 4 is 22.9 Å². The molecule has 184 valence electrons. The summed E-state index contributed by atoms with van der Waals surface area (Å²) in [4.78, 5) is 35.3. The Labute approximate surface area is 206 Å². The number of aliphatic hydroxyl groups excluding tert-OH is 2. The molecule has 4 aromatic rings. The highest BCUT2D eigenvalue weighted by atomic mass is 16.3. The number of amides is 1. The SMILES string of the molecule is CNC(=O)[C@@]12C[C@@H]1C(n1cnc3c(NCc4cc(C)ccn4)nc(-c4cccnc4)nc31)[C@H](O)[C@@H]2O. The lowest BCUT2D eigenvalue weighted by atomic mass is 9.98. The van der Waals surface area contributed by atoms with Gasteiger partial charge in [0.25, 0.3) is 0 Å². The summed E-state index contributed by atoms with van der Waals surface area (Å²) < 4.78 is 1.77. The zero-order chi connectivity index (χ0) is 25.0. The van der Waals surface area contributed by atoms with E-state index in [1.807, 2.05) is 31.2 Å². The van der Waals surface area contributed by atoms with Crippen molar-refractivity contribution in [3.05, 3.63) is 60.4 Å². The van der Waals surface area contributed by atoms with Crippen LogP contribution in [-0.4, -0.2) is 64.9 Å². The average molecular weight is 487 g/mol. The second-order valence-corrected chi connectivity index (χ2v) is 9.50. The van der Waals surface area contributed by atoms with Crippen LogP contribution in [0.15, 0.2) is 49.2 Å². The summed E-state index contributed by atoms with van der Waals surface area (Å²) in [5.41, 5.74) is 2.71. The number of rotatable bonds is 6. The van der Waals surface area contributed by atoms with E-state index in [4.69, 9.17) is 9.97 Å². The summed E-state index contributed by atoms with van der Waals surface area (Å²) in [5.74, 6) is 0.468.